The Morgan fingerprint density at radius 2 is 2.00 bits per heavy atom. The van der Waals surface area contributed by atoms with E-state index in [0.717, 1.165) is 12.8 Å². The Morgan fingerprint density at radius 3 is 2.50 bits per heavy atom. The largest absolute Gasteiger partial charge is 0.480 e. The molecule has 0 spiro atoms. The Bertz CT molecular complexity index is 283. The van der Waals surface area contributed by atoms with E-state index < -0.39 is 11.5 Å². The number of nitrogens with one attached hydrogen (secondary N) is 2. The Hall–Kier alpha value is -1.36. The number of aliphatic carboxylic acids is 1. The van der Waals surface area contributed by atoms with E-state index in [-0.39, 0.29) is 12.5 Å². The van der Waals surface area contributed by atoms with Crippen molar-refractivity contribution < 1.29 is 14.7 Å². The molecule has 5 nitrogen and oxygen atoms in total. The molecule has 0 heterocycles. The van der Waals surface area contributed by atoms with Gasteiger partial charge < -0.3 is 15.7 Å². The highest BCUT2D eigenvalue weighted by Crippen LogP contribution is 2.29. The maximum Gasteiger partial charge on any atom is 0.329 e. The fraction of sp³-hybridized carbons (Fsp3) is 0.636. The first-order chi connectivity index (χ1) is 7.60. The van der Waals surface area contributed by atoms with Crippen LogP contribution in [0.25, 0.3) is 0 Å². The van der Waals surface area contributed by atoms with E-state index in [4.69, 9.17) is 5.11 Å². The fourth-order valence-electron chi connectivity index (χ4n) is 1.97. The molecule has 0 aromatic heterocycles. The van der Waals surface area contributed by atoms with Gasteiger partial charge >= 0.3 is 5.97 Å². The van der Waals surface area contributed by atoms with Gasteiger partial charge in [0.15, 0.2) is 0 Å². The fourth-order valence-corrected chi connectivity index (χ4v) is 1.97. The molecule has 1 fully saturated rings. The molecule has 3 N–H and O–H groups in total. The quantitative estimate of drug-likeness (QED) is 0.449. The second kappa shape index (κ2) is 5.65. The molecule has 5 heteroatoms. The highest BCUT2D eigenvalue weighted by molar-refractivity contribution is 5.88. The zero-order valence-electron chi connectivity index (χ0n) is 9.29. The van der Waals surface area contributed by atoms with Gasteiger partial charge in [-0.2, -0.15) is 0 Å². The topological polar surface area (TPSA) is 78.4 Å². The lowest BCUT2D eigenvalue weighted by atomic mass is 9.98. The summed E-state index contributed by atoms with van der Waals surface area (Å²) in [6.07, 6.45) is 4.40. The second-order valence-corrected chi connectivity index (χ2v) is 4.06. The molecule has 1 amide bonds. The van der Waals surface area contributed by atoms with Gasteiger partial charge in [-0.25, -0.2) is 4.79 Å². The summed E-state index contributed by atoms with van der Waals surface area (Å²) in [4.78, 5) is 22.6. The first-order valence-electron chi connectivity index (χ1n) is 5.47. The third-order valence-electron chi connectivity index (χ3n) is 2.82. The average Bonchev–Trinajstić information content (AvgIpc) is 2.68. The van der Waals surface area contributed by atoms with Crippen molar-refractivity contribution in [3.8, 4) is 0 Å². The van der Waals surface area contributed by atoms with Gasteiger partial charge in [-0.3, -0.25) is 4.79 Å². The lowest BCUT2D eigenvalue weighted by Gasteiger charge is -2.25. The number of carbonyl (C=O) groups is 2. The summed E-state index contributed by atoms with van der Waals surface area (Å²) in [5, 5.41) is 14.6. The molecule has 0 saturated heterocycles. The van der Waals surface area contributed by atoms with Crippen LogP contribution in [0.1, 0.15) is 25.7 Å². The molecule has 0 unspecified atom stereocenters. The molecule has 0 radical (unpaired) electrons. The molecule has 0 bridgehead atoms. The summed E-state index contributed by atoms with van der Waals surface area (Å²) in [6.45, 7) is 4.18. The summed E-state index contributed by atoms with van der Waals surface area (Å²) in [5.41, 5.74) is -1.03. The van der Waals surface area contributed by atoms with Gasteiger partial charge in [0.1, 0.15) is 5.54 Å². The predicted octanol–water partition coefficient (Wildman–Crippen LogP) is 0.276. The summed E-state index contributed by atoms with van der Waals surface area (Å²) in [7, 11) is 0. The minimum Gasteiger partial charge on any atom is -0.480 e. The van der Waals surface area contributed by atoms with Gasteiger partial charge in [0.25, 0.3) is 0 Å². The van der Waals surface area contributed by atoms with Crippen LogP contribution in [-0.2, 0) is 9.59 Å². The molecule has 0 aromatic rings. The molecule has 1 aliphatic rings. The molecule has 1 aliphatic carbocycles. The van der Waals surface area contributed by atoms with Crippen LogP contribution in [0.4, 0.5) is 0 Å². The summed E-state index contributed by atoms with van der Waals surface area (Å²) in [5.74, 6) is -1.20. The van der Waals surface area contributed by atoms with Gasteiger partial charge in [0.05, 0.1) is 6.54 Å². The lowest BCUT2D eigenvalue weighted by molar-refractivity contribution is -0.147. The Morgan fingerprint density at radius 1 is 1.38 bits per heavy atom. The third kappa shape index (κ3) is 3.06. The molecule has 1 rings (SSSR count). The Balaban J connectivity index is 2.46. The van der Waals surface area contributed by atoms with Gasteiger partial charge in [-0.1, -0.05) is 18.9 Å². The van der Waals surface area contributed by atoms with Crippen LogP contribution in [0.2, 0.25) is 0 Å². The number of hydrogen-bond acceptors (Lipinski definition) is 3. The van der Waals surface area contributed by atoms with Crippen molar-refractivity contribution in [1.82, 2.24) is 10.6 Å². The molecule has 0 aliphatic heterocycles. The maximum absolute atomic E-state index is 11.5. The third-order valence-corrected chi connectivity index (χ3v) is 2.82. The number of amides is 1. The smallest absolute Gasteiger partial charge is 0.329 e. The molecule has 0 atom stereocenters. The zero-order valence-corrected chi connectivity index (χ0v) is 9.29. The Labute approximate surface area is 94.9 Å². The van der Waals surface area contributed by atoms with Gasteiger partial charge in [-0.05, 0) is 12.8 Å². The van der Waals surface area contributed by atoms with Crippen molar-refractivity contribution in [2.45, 2.75) is 31.2 Å². The van der Waals surface area contributed by atoms with Crippen LogP contribution < -0.4 is 10.6 Å². The number of carboxylic acids is 1. The normalized spacial score (nSPS) is 18.0. The van der Waals surface area contributed by atoms with Gasteiger partial charge in [0, 0.05) is 6.54 Å². The van der Waals surface area contributed by atoms with E-state index in [2.05, 4.69) is 17.2 Å². The van der Waals surface area contributed by atoms with Crippen LogP contribution in [0.15, 0.2) is 12.7 Å². The highest BCUT2D eigenvalue weighted by atomic mass is 16.4. The molecule has 16 heavy (non-hydrogen) atoms. The van der Waals surface area contributed by atoms with E-state index in [9.17, 15) is 9.59 Å². The van der Waals surface area contributed by atoms with Crippen LogP contribution in [0.3, 0.4) is 0 Å². The van der Waals surface area contributed by atoms with E-state index in [1.54, 1.807) is 6.08 Å². The average molecular weight is 226 g/mol. The first kappa shape index (κ1) is 12.7. The predicted molar refractivity (Wildman–Crippen MR) is 60.0 cm³/mol. The molecule has 1 saturated carbocycles. The van der Waals surface area contributed by atoms with Crippen molar-refractivity contribution in [1.29, 1.82) is 0 Å². The lowest BCUT2D eigenvalue weighted by Crippen LogP contribution is -2.54. The van der Waals surface area contributed by atoms with Crippen molar-refractivity contribution in [2.24, 2.45) is 0 Å². The zero-order chi connectivity index (χ0) is 12.0. The highest BCUT2D eigenvalue weighted by Gasteiger charge is 2.42. The number of carbonyl (C=O) groups excluding carboxylic acids is 1. The Kier molecular flexibility index (Phi) is 4.49. The SMILES string of the molecule is C=CCNCC(=O)NC1(C(=O)O)CCCC1. The van der Waals surface area contributed by atoms with Crippen molar-refractivity contribution in [3.63, 3.8) is 0 Å². The van der Waals surface area contributed by atoms with E-state index in [1.807, 2.05) is 0 Å². The maximum atomic E-state index is 11.5. The van der Waals surface area contributed by atoms with Crippen LogP contribution in [0.5, 0.6) is 0 Å². The van der Waals surface area contributed by atoms with Crippen molar-refractivity contribution in [2.75, 3.05) is 13.1 Å². The number of hydrogen-bond donors (Lipinski definition) is 3. The molecule has 90 valence electrons. The molecular formula is C11H18N2O3. The minimum atomic E-state index is -1.03. The van der Waals surface area contributed by atoms with Gasteiger partial charge in [0.2, 0.25) is 5.91 Å². The van der Waals surface area contributed by atoms with E-state index in [0.29, 0.717) is 19.4 Å². The molecule has 0 aromatic carbocycles. The van der Waals surface area contributed by atoms with Crippen molar-refractivity contribution >= 4 is 11.9 Å². The minimum absolute atomic E-state index is 0.126. The summed E-state index contributed by atoms with van der Waals surface area (Å²) < 4.78 is 0. The van der Waals surface area contributed by atoms with Crippen molar-refractivity contribution in [3.05, 3.63) is 12.7 Å². The number of rotatable bonds is 6. The second-order valence-electron chi connectivity index (χ2n) is 4.06. The number of carboxylic acid groups (broad SMARTS) is 1. The van der Waals surface area contributed by atoms with E-state index in [1.165, 1.54) is 0 Å². The van der Waals surface area contributed by atoms with E-state index >= 15 is 0 Å². The monoisotopic (exact) mass is 226 g/mol. The van der Waals surface area contributed by atoms with Crippen LogP contribution in [-0.4, -0.2) is 35.6 Å². The standard InChI is InChI=1S/C11H18N2O3/c1-2-7-12-8-9(14)13-11(10(15)16)5-3-4-6-11/h2,12H,1,3-8H2,(H,13,14)(H,15,16). The first-order valence-corrected chi connectivity index (χ1v) is 5.47. The molecular weight excluding hydrogens is 208 g/mol. The van der Waals surface area contributed by atoms with Gasteiger partial charge in [-0.15, -0.1) is 6.58 Å². The summed E-state index contributed by atoms with van der Waals surface area (Å²) in [6, 6.07) is 0. The van der Waals surface area contributed by atoms with Crippen LogP contribution in [0, 0.1) is 0 Å². The van der Waals surface area contributed by atoms with Crippen LogP contribution >= 0.6 is 0 Å². The summed E-state index contributed by atoms with van der Waals surface area (Å²) >= 11 is 0.